The number of urea groups is 1. The molecule has 4 nitrogen and oxygen atoms in total. The molecule has 0 radical (unpaired) electrons. The molecule has 0 aliphatic carbocycles. The maximum absolute atomic E-state index is 10.8. The van der Waals surface area contributed by atoms with E-state index in [1.54, 1.807) is 12.4 Å². The number of carbonyl (C=O) groups excluding carboxylic acids is 1. The highest BCUT2D eigenvalue weighted by Gasteiger charge is 2.04. The molecule has 86 valence electrons. The molecule has 0 aliphatic rings. The molecule has 3 N–H and O–H groups in total. The number of nitrogens with one attached hydrogen (secondary N) is 1. The van der Waals surface area contributed by atoms with E-state index in [-0.39, 0.29) is 0 Å². The number of pyridine rings is 1. The summed E-state index contributed by atoms with van der Waals surface area (Å²) in [5.74, 6) is 0. The summed E-state index contributed by atoms with van der Waals surface area (Å²) >= 11 is 0. The summed E-state index contributed by atoms with van der Waals surface area (Å²) in [7, 11) is 0. The van der Waals surface area contributed by atoms with Gasteiger partial charge in [-0.25, -0.2) is 4.79 Å². The van der Waals surface area contributed by atoms with Gasteiger partial charge in [-0.1, -0.05) is 6.07 Å². The van der Waals surface area contributed by atoms with Crippen molar-refractivity contribution in [3.05, 3.63) is 48.3 Å². The van der Waals surface area contributed by atoms with E-state index < -0.39 is 6.03 Å². The van der Waals surface area contributed by atoms with E-state index in [0.29, 0.717) is 5.69 Å². The second-order valence-electron chi connectivity index (χ2n) is 3.75. The molecule has 0 spiro atoms. The minimum Gasteiger partial charge on any atom is -0.351 e. The minimum atomic E-state index is -0.561. The van der Waals surface area contributed by atoms with E-state index in [1.807, 2.05) is 37.3 Å². The molecule has 0 unspecified atom stereocenters. The molecule has 0 saturated heterocycles. The van der Waals surface area contributed by atoms with E-state index in [1.165, 1.54) is 0 Å². The van der Waals surface area contributed by atoms with Crippen LogP contribution in [0.4, 0.5) is 10.5 Å². The van der Waals surface area contributed by atoms with Crippen molar-refractivity contribution >= 4 is 11.7 Å². The van der Waals surface area contributed by atoms with Gasteiger partial charge in [-0.3, -0.25) is 4.98 Å². The Morgan fingerprint density at radius 1 is 1.24 bits per heavy atom. The van der Waals surface area contributed by atoms with Crippen molar-refractivity contribution < 1.29 is 4.79 Å². The molecular formula is C13H13N3O. The zero-order valence-corrected chi connectivity index (χ0v) is 9.47. The molecule has 0 atom stereocenters. The summed E-state index contributed by atoms with van der Waals surface area (Å²) in [6.07, 6.45) is 3.48. The first-order valence-corrected chi connectivity index (χ1v) is 5.24. The third-order valence-electron chi connectivity index (χ3n) is 2.50. The highest BCUT2D eigenvalue weighted by molar-refractivity contribution is 5.89. The van der Waals surface area contributed by atoms with Crippen LogP contribution in [0.1, 0.15) is 5.56 Å². The lowest BCUT2D eigenvalue weighted by molar-refractivity contribution is 0.259. The minimum absolute atomic E-state index is 0.561. The van der Waals surface area contributed by atoms with Gasteiger partial charge in [-0.05, 0) is 47.9 Å². The molecule has 0 bridgehead atoms. The number of nitrogens with two attached hydrogens (primary N) is 1. The fraction of sp³-hybridized carbons (Fsp3) is 0.0769. The molecule has 2 aromatic rings. The second kappa shape index (κ2) is 4.65. The van der Waals surface area contributed by atoms with Gasteiger partial charge in [0.15, 0.2) is 0 Å². The molecule has 0 fully saturated rings. The first-order chi connectivity index (χ1) is 8.16. The van der Waals surface area contributed by atoms with Gasteiger partial charge in [-0.15, -0.1) is 0 Å². The quantitative estimate of drug-likeness (QED) is 0.827. The first-order valence-electron chi connectivity index (χ1n) is 5.24. The Kier molecular flexibility index (Phi) is 3.05. The highest BCUT2D eigenvalue weighted by Crippen LogP contribution is 2.25. The number of carbonyl (C=O) groups is 1. The number of amides is 2. The largest absolute Gasteiger partial charge is 0.351 e. The zero-order chi connectivity index (χ0) is 12.3. The molecule has 1 heterocycles. The average molecular weight is 227 g/mol. The molecule has 0 saturated carbocycles. The first kappa shape index (κ1) is 11.1. The van der Waals surface area contributed by atoms with Gasteiger partial charge in [-0.2, -0.15) is 0 Å². The Hall–Kier alpha value is -2.36. The fourth-order valence-corrected chi connectivity index (χ4v) is 1.68. The van der Waals surface area contributed by atoms with Crippen LogP contribution in [0.2, 0.25) is 0 Å². The molecule has 4 heteroatoms. The van der Waals surface area contributed by atoms with Crippen LogP contribution < -0.4 is 11.1 Å². The van der Waals surface area contributed by atoms with Crippen molar-refractivity contribution in [3.63, 3.8) is 0 Å². The fourth-order valence-electron chi connectivity index (χ4n) is 1.68. The molecule has 2 amide bonds. The van der Waals surface area contributed by atoms with Crippen LogP contribution in [0.3, 0.4) is 0 Å². The number of aromatic nitrogens is 1. The number of hydrogen-bond acceptors (Lipinski definition) is 2. The van der Waals surface area contributed by atoms with E-state index >= 15 is 0 Å². The number of hydrogen-bond donors (Lipinski definition) is 2. The van der Waals surface area contributed by atoms with Crippen molar-refractivity contribution in [2.75, 3.05) is 5.32 Å². The Morgan fingerprint density at radius 3 is 2.59 bits per heavy atom. The van der Waals surface area contributed by atoms with E-state index in [9.17, 15) is 4.79 Å². The Morgan fingerprint density at radius 2 is 1.94 bits per heavy atom. The molecule has 1 aromatic carbocycles. The van der Waals surface area contributed by atoms with Crippen molar-refractivity contribution in [2.24, 2.45) is 5.73 Å². The summed E-state index contributed by atoms with van der Waals surface area (Å²) in [5, 5.41) is 2.57. The van der Waals surface area contributed by atoms with Gasteiger partial charge >= 0.3 is 6.03 Å². The number of benzene rings is 1. The molecular weight excluding hydrogens is 214 g/mol. The van der Waals surface area contributed by atoms with Crippen molar-refractivity contribution in [1.82, 2.24) is 4.98 Å². The standard InChI is InChI=1S/C13H13N3O/c1-9-2-3-11(16-13(14)17)8-12(9)10-4-6-15-7-5-10/h2-8H,1H3,(H3,14,16,17). The van der Waals surface area contributed by atoms with Crippen LogP contribution in [0.15, 0.2) is 42.7 Å². The number of rotatable bonds is 2. The normalized spacial score (nSPS) is 9.94. The predicted octanol–water partition coefficient (Wildman–Crippen LogP) is 2.55. The van der Waals surface area contributed by atoms with E-state index in [2.05, 4.69) is 10.3 Å². The average Bonchev–Trinajstić information content (AvgIpc) is 2.32. The molecule has 2 rings (SSSR count). The Labute approximate surface area is 99.5 Å². The van der Waals surface area contributed by atoms with Gasteiger partial charge < -0.3 is 11.1 Å². The predicted molar refractivity (Wildman–Crippen MR) is 67.6 cm³/mol. The lowest BCUT2D eigenvalue weighted by Crippen LogP contribution is -2.19. The van der Waals surface area contributed by atoms with Gasteiger partial charge in [0.1, 0.15) is 0 Å². The molecule has 17 heavy (non-hydrogen) atoms. The van der Waals surface area contributed by atoms with Gasteiger partial charge in [0.25, 0.3) is 0 Å². The molecule has 1 aromatic heterocycles. The summed E-state index contributed by atoms with van der Waals surface area (Å²) in [4.78, 5) is 14.8. The van der Waals surface area contributed by atoms with Crippen LogP contribution in [-0.4, -0.2) is 11.0 Å². The smallest absolute Gasteiger partial charge is 0.316 e. The number of aryl methyl sites for hydroxylation is 1. The van der Waals surface area contributed by atoms with E-state index in [4.69, 9.17) is 5.73 Å². The maximum atomic E-state index is 10.8. The third-order valence-corrected chi connectivity index (χ3v) is 2.50. The highest BCUT2D eigenvalue weighted by atomic mass is 16.2. The van der Waals surface area contributed by atoms with Crippen LogP contribution in [-0.2, 0) is 0 Å². The lowest BCUT2D eigenvalue weighted by Gasteiger charge is -2.09. The lowest BCUT2D eigenvalue weighted by atomic mass is 10.0. The van der Waals surface area contributed by atoms with Gasteiger partial charge in [0, 0.05) is 18.1 Å². The van der Waals surface area contributed by atoms with Crippen molar-refractivity contribution in [3.8, 4) is 11.1 Å². The zero-order valence-electron chi connectivity index (χ0n) is 9.47. The van der Waals surface area contributed by atoms with Crippen LogP contribution in [0, 0.1) is 6.92 Å². The summed E-state index contributed by atoms with van der Waals surface area (Å²) < 4.78 is 0. The van der Waals surface area contributed by atoms with Crippen molar-refractivity contribution in [2.45, 2.75) is 6.92 Å². The van der Waals surface area contributed by atoms with Crippen LogP contribution >= 0.6 is 0 Å². The topological polar surface area (TPSA) is 68.0 Å². The number of primary amides is 1. The summed E-state index contributed by atoms with van der Waals surface area (Å²) in [6, 6.07) is 8.96. The SMILES string of the molecule is Cc1ccc(NC(N)=O)cc1-c1ccncc1. The summed E-state index contributed by atoms with van der Waals surface area (Å²) in [6.45, 7) is 2.02. The van der Waals surface area contributed by atoms with Gasteiger partial charge in [0.05, 0.1) is 0 Å². The third kappa shape index (κ3) is 2.60. The Balaban J connectivity index is 2.43. The van der Waals surface area contributed by atoms with Crippen LogP contribution in [0.25, 0.3) is 11.1 Å². The molecule has 0 aliphatic heterocycles. The summed E-state index contributed by atoms with van der Waals surface area (Å²) in [5.41, 5.74) is 9.03. The monoisotopic (exact) mass is 227 g/mol. The Bertz CT molecular complexity index is 538. The van der Waals surface area contributed by atoms with Crippen LogP contribution in [0.5, 0.6) is 0 Å². The van der Waals surface area contributed by atoms with E-state index in [0.717, 1.165) is 16.7 Å². The maximum Gasteiger partial charge on any atom is 0.316 e. The van der Waals surface area contributed by atoms with Gasteiger partial charge in [0.2, 0.25) is 0 Å². The number of nitrogens with zero attached hydrogens (tertiary/aromatic N) is 1. The van der Waals surface area contributed by atoms with Crippen molar-refractivity contribution in [1.29, 1.82) is 0 Å². The second-order valence-corrected chi connectivity index (χ2v) is 3.75. The number of anilines is 1.